The summed E-state index contributed by atoms with van der Waals surface area (Å²) in [6.45, 7) is 6.15. The van der Waals surface area contributed by atoms with E-state index in [2.05, 4.69) is 25.7 Å². The van der Waals surface area contributed by atoms with Crippen molar-refractivity contribution in [2.24, 2.45) is 29.4 Å². The van der Waals surface area contributed by atoms with Crippen LogP contribution < -0.4 is 5.73 Å². The summed E-state index contributed by atoms with van der Waals surface area (Å²) in [7, 11) is 0. The van der Waals surface area contributed by atoms with E-state index in [1.807, 2.05) is 0 Å². The number of fused-ring (bicyclic) bond motifs is 1. The molecule has 0 saturated heterocycles. The average Bonchev–Trinajstić information content (AvgIpc) is 2.84. The van der Waals surface area contributed by atoms with Crippen LogP contribution in [-0.2, 0) is 9.53 Å². The number of esters is 1. The number of nitrogens with two attached hydrogens (primary N) is 1. The van der Waals surface area contributed by atoms with Crippen LogP contribution in [0.4, 0.5) is 0 Å². The van der Waals surface area contributed by atoms with Crippen molar-refractivity contribution in [3.8, 4) is 0 Å². The third-order valence-electron chi connectivity index (χ3n) is 4.18. The summed E-state index contributed by atoms with van der Waals surface area (Å²) in [6, 6.07) is 0. The lowest BCUT2D eigenvalue weighted by molar-refractivity contribution is -0.139. The lowest BCUT2D eigenvalue weighted by Crippen LogP contribution is -2.17. The maximum atomic E-state index is 11.1. The van der Waals surface area contributed by atoms with Gasteiger partial charge in [0.15, 0.2) is 0 Å². The summed E-state index contributed by atoms with van der Waals surface area (Å²) in [4.78, 5) is 11.1. The van der Waals surface area contributed by atoms with Crippen LogP contribution in [0.1, 0.15) is 26.2 Å². The predicted molar refractivity (Wildman–Crippen MR) is 66.9 cm³/mol. The molecular weight excluding hydrogens is 214 g/mol. The van der Waals surface area contributed by atoms with Gasteiger partial charge in [-0.3, -0.25) is 0 Å². The summed E-state index contributed by atoms with van der Waals surface area (Å²) in [5.41, 5.74) is 5.25. The van der Waals surface area contributed by atoms with E-state index >= 15 is 0 Å². The first-order valence-electron chi connectivity index (χ1n) is 6.37. The molecule has 3 heteroatoms. The summed E-state index contributed by atoms with van der Waals surface area (Å²) < 4.78 is 5.07. The Balaban J connectivity index is 1.77. The number of carbonyl (C=O) groups is 1. The molecule has 0 aliphatic heterocycles. The van der Waals surface area contributed by atoms with Gasteiger partial charge in [0, 0.05) is 0 Å². The van der Waals surface area contributed by atoms with Crippen molar-refractivity contribution >= 4 is 5.97 Å². The molecule has 1 saturated carbocycles. The second-order valence-corrected chi connectivity index (χ2v) is 5.33. The maximum absolute atomic E-state index is 11.1. The Labute approximate surface area is 103 Å². The zero-order valence-electron chi connectivity index (χ0n) is 10.4. The molecule has 94 valence electrons. The topological polar surface area (TPSA) is 52.3 Å². The highest BCUT2D eigenvalue weighted by atomic mass is 16.5. The van der Waals surface area contributed by atoms with Crippen molar-refractivity contribution in [1.29, 1.82) is 0 Å². The normalized spacial score (nSPS) is 34.6. The number of hydrogen-bond acceptors (Lipinski definition) is 3. The number of carbonyl (C=O) groups excluding carboxylic acids is 1. The Hall–Kier alpha value is -1.25. The van der Waals surface area contributed by atoms with Gasteiger partial charge in [0.05, 0.1) is 6.61 Å². The first-order chi connectivity index (χ1) is 8.09. The second-order valence-electron chi connectivity index (χ2n) is 5.33. The molecule has 0 spiro atoms. The number of ether oxygens (including phenoxy) is 1. The number of allylic oxidation sites excluding steroid dienone is 2. The first kappa shape index (κ1) is 12.2. The van der Waals surface area contributed by atoms with Gasteiger partial charge in [-0.15, -0.1) is 0 Å². The molecule has 17 heavy (non-hydrogen) atoms. The summed E-state index contributed by atoms with van der Waals surface area (Å²) in [5.74, 6) is 2.50. The summed E-state index contributed by atoms with van der Waals surface area (Å²) >= 11 is 0. The van der Waals surface area contributed by atoms with Gasteiger partial charge in [-0.2, -0.15) is 0 Å². The minimum absolute atomic E-state index is 0.00907. The predicted octanol–water partition coefficient (Wildman–Crippen LogP) is 2.24. The smallest absolute Gasteiger partial charge is 0.353 e. The molecule has 4 atom stereocenters. The Morgan fingerprint density at radius 2 is 2.35 bits per heavy atom. The van der Waals surface area contributed by atoms with Gasteiger partial charge in [0.25, 0.3) is 0 Å². The Morgan fingerprint density at radius 3 is 3.06 bits per heavy atom. The van der Waals surface area contributed by atoms with Gasteiger partial charge in [0.2, 0.25) is 0 Å². The van der Waals surface area contributed by atoms with Crippen LogP contribution in [0.15, 0.2) is 24.4 Å². The lowest BCUT2D eigenvalue weighted by Gasteiger charge is -2.18. The van der Waals surface area contributed by atoms with E-state index in [1.54, 1.807) is 0 Å². The summed E-state index contributed by atoms with van der Waals surface area (Å²) in [6.07, 6.45) is 8.05. The van der Waals surface area contributed by atoms with Gasteiger partial charge >= 0.3 is 5.97 Å². The van der Waals surface area contributed by atoms with Crippen LogP contribution in [0.3, 0.4) is 0 Å². The molecule has 0 radical (unpaired) electrons. The molecule has 2 rings (SSSR count). The lowest BCUT2D eigenvalue weighted by atomic mass is 9.88. The third-order valence-corrected chi connectivity index (χ3v) is 4.18. The van der Waals surface area contributed by atoms with E-state index in [4.69, 9.17) is 10.5 Å². The molecule has 0 bridgehead atoms. The maximum Gasteiger partial charge on any atom is 0.353 e. The van der Waals surface area contributed by atoms with Crippen LogP contribution in [0, 0.1) is 23.7 Å². The Bertz CT molecular complexity index is 348. The van der Waals surface area contributed by atoms with E-state index in [9.17, 15) is 4.79 Å². The monoisotopic (exact) mass is 235 g/mol. The van der Waals surface area contributed by atoms with Crippen LogP contribution >= 0.6 is 0 Å². The van der Waals surface area contributed by atoms with Crippen molar-refractivity contribution < 1.29 is 9.53 Å². The van der Waals surface area contributed by atoms with Crippen LogP contribution in [0.2, 0.25) is 0 Å². The molecule has 0 heterocycles. The van der Waals surface area contributed by atoms with Crippen LogP contribution in [-0.4, -0.2) is 12.6 Å². The van der Waals surface area contributed by atoms with Gasteiger partial charge < -0.3 is 10.5 Å². The zero-order valence-corrected chi connectivity index (χ0v) is 10.4. The fraction of sp³-hybridized carbons (Fsp3) is 0.643. The molecule has 2 aliphatic rings. The third kappa shape index (κ3) is 2.54. The SMILES string of the molecule is C=C(N)C(=O)OCCC1CC(C)C2C=CCC12. The van der Waals surface area contributed by atoms with E-state index in [0.29, 0.717) is 12.5 Å². The molecule has 4 unspecified atom stereocenters. The molecule has 0 aromatic rings. The van der Waals surface area contributed by atoms with Gasteiger partial charge in [-0.1, -0.05) is 25.7 Å². The van der Waals surface area contributed by atoms with Crippen molar-refractivity contribution in [2.45, 2.75) is 26.2 Å². The molecule has 0 amide bonds. The van der Waals surface area contributed by atoms with Gasteiger partial charge in [-0.05, 0) is 42.9 Å². The molecule has 0 aromatic carbocycles. The Morgan fingerprint density at radius 1 is 1.59 bits per heavy atom. The van der Waals surface area contributed by atoms with Crippen molar-refractivity contribution in [1.82, 2.24) is 0 Å². The fourth-order valence-corrected chi connectivity index (χ4v) is 3.35. The highest BCUT2D eigenvalue weighted by Gasteiger charge is 2.40. The van der Waals surface area contributed by atoms with Gasteiger partial charge in [-0.25, -0.2) is 4.79 Å². The summed E-state index contributed by atoms with van der Waals surface area (Å²) in [5, 5.41) is 0. The van der Waals surface area contributed by atoms with Crippen molar-refractivity contribution in [3.05, 3.63) is 24.4 Å². The fourth-order valence-electron chi connectivity index (χ4n) is 3.35. The number of rotatable bonds is 4. The van der Waals surface area contributed by atoms with E-state index in [1.165, 1.54) is 12.8 Å². The highest BCUT2D eigenvalue weighted by Crippen LogP contribution is 2.48. The minimum Gasteiger partial charge on any atom is -0.461 e. The molecular formula is C14H21NO2. The van der Waals surface area contributed by atoms with E-state index in [-0.39, 0.29) is 5.70 Å². The zero-order chi connectivity index (χ0) is 12.4. The quantitative estimate of drug-likeness (QED) is 0.462. The first-order valence-corrected chi connectivity index (χ1v) is 6.37. The average molecular weight is 235 g/mol. The molecule has 2 aliphatic carbocycles. The largest absolute Gasteiger partial charge is 0.461 e. The Kier molecular flexibility index (Phi) is 3.55. The highest BCUT2D eigenvalue weighted by molar-refractivity contribution is 5.86. The van der Waals surface area contributed by atoms with Crippen LogP contribution in [0.25, 0.3) is 0 Å². The molecule has 3 nitrogen and oxygen atoms in total. The molecule has 0 aromatic heterocycles. The van der Waals surface area contributed by atoms with E-state index in [0.717, 1.165) is 24.2 Å². The van der Waals surface area contributed by atoms with E-state index < -0.39 is 5.97 Å². The van der Waals surface area contributed by atoms with Crippen molar-refractivity contribution in [2.75, 3.05) is 6.61 Å². The molecule has 1 fully saturated rings. The van der Waals surface area contributed by atoms with Crippen LogP contribution in [0.5, 0.6) is 0 Å². The second kappa shape index (κ2) is 4.94. The minimum atomic E-state index is -0.475. The van der Waals surface area contributed by atoms with Gasteiger partial charge in [0.1, 0.15) is 5.70 Å². The molecule has 2 N–H and O–H groups in total. The standard InChI is InChI=1S/C14H21NO2/c1-9-8-11(13-5-3-4-12(9)13)6-7-17-14(16)10(2)15/h3-4,9,11-13H,2,5-8,15H2,1H3. The van der Waals surface area contributed by atoms with Crippen molar-refractivity contribution in [3.63, 3.8) is 0 Å². The number of hydrogen-bond donors (Lipinski definition) is 1.